The minimum absolute atomic E-state index is 0.175. The molecular formula is C27H28N2O4. The summed E-state index contributed by atoms with van der Waals surface area (Å²) >= 11 is 0. The van der Waals surface area contributed by atoms with E-state index in [9.17, 15) is 14.4 Å². The molecule has 0 aliphatic rings. The molecule has 6 heteroatoms. The Balaban J connectivity index is 1.78. The molecule has 0 aliphatic carbocycles. The van der Waals surface area contributed by atoms with Gasteiger partial charge in [-0.3, -0.25) is 14.4 Å². The predicted molar refractivity (Wildman–Crippen MR) is 126 cm³/mol. The van der Waals surface area contributed by atoms with Crippen LogP contribution in [0.2, 0.25) is 0 Å². The molecular weight excluding hydrogens is 416 g/mol. The Morgan fingerprint density at radius 2 is 1.36 bits per heavy atom. The van der Waals surface area contributed by atoms with Crippen LogP contribution in [0.15, 0.2) is 91.0 Å². The largest absolute Gasteiger partial charge is 0.466 e. The highest BCUT2D eigenvalue weighted by molar-refractivity contribution is 5.97. The summed E-state index contributed by atoms with van der Waals surface area (Å²) in [5.41, 5.74) is 2.31. The maximum atomic E-state index is 13.4. The number of nitrogens with one attached hydrogen (secondary N) is 2. The number of benzene rings is 3. The Kier molecular flexibility index (Phi) is 8.77. The van der Waals surface area contributed by atoms with E-state index in [0.717, 1.165) is 11.1 Å². The fraction of sp³-hybridized carbons (Fsp3) is 0.222. The third-order valence-corrected chi connectivity index (χ3v) is 5.17. The first-order valence-corrected chi connectivity index (χ1v) is 10.9. The zero-order chi connectivity index (χ0) is 23.5. The van der Waals surface area contributed by atoms with Crippen LogP contribution < -0.4 is 10.6 Å². The monoisotopic (exact) mass is 444 g/mol. The molecule has 0 spiro atoms. The van der Waals surface area contributed by atoms with Crippen molar-refractivity contribution in [1.29, 1.82) is 0 Å². The van der Waals surface area contributed by atoms with Crippen molar-refractivity contribution >= 4 is 17.8 Å². The number of hydrogen-bond donors (Lipinski definition) is 2. The summed E-state index contributed by atoms with van der Waals surface area (Å²) < 4.78 is 5.09. The van der Waals surface area contributed by atoms with Crippen LogP contribution in [-0.4, -0.2) is 30.4 Å². The second-order valence-electron chi connectivity index (χ2n) is 7.68. The molecule has 0 radical (unpaired) electrons. The lowest BCUT2D eigenvalue weighted by molar-refractivity contribution is -0.141. The van der Waals surface area contributed by atoms with Crippen LogP contribution in [0, 0.1) is 0 Å². The van der Waals surface area contributed by atoms with Gasteiger partial charge in [-0.2, -0.15) is 0 Å². The lowest BCUT2D eigenvalue weighted by atomic mass is 10.0. The maximum absolute atomic E-state index is 13.4. The van der Waals surface area contributed by atoms with Gasteiger partial charge in [0.1, 0.15) is 6.04 Å². The molecule has 2 amide bonds. The van der Waals surface area contributed by atoms with Crippen LogP contribution in [0.1, 0.15) is 40.9 Å². The summed E-state index contributed by atoms with van der Waals surface area (Å²) in [4.78, 5) is 37.4. The van der Waals surface area contributed by atoms with Gasteiger partial charge >= 0.3 is 5.97 Å². The number of carbonyl (C=O) groups excluding carboxylic acids is 3. The van der Waals surface area contributed by atoms with Crippen molar-refractivity contribution < 1.29 is 19.1 Å². The van der Waals surface area contributed by atoms with E-state index in [1.165, 1.54) is 6.92 Å². The molecule has 0 aromatic heterocycles. The van der Waals surface area contributed by atoms with Gasteiger partial charge in [0.25, 0.3) is 5.91 Å². The second kappa shape index (κ2) is 12.2. The van der Waals surface area contributed by atoms with Crippen LogP contribution >= 0.6 is 0 Å². The lowest BCUT2D eigenvalue weighted by Gasteiger charge is -2.24. The highest BCUT2D eigenvalue weighted by Gasteiger charge is 2.25. The Bertz CT molecular complexity index is 1040. The molecule has 33 heavy (non-hydrogen) atoms. The van der Waals surface area contributed by atoms with E-state index in [1.807, 2.05) is 66.7 Å². The van der Waals surface area contributed by atoms with Gasteiger partial charge in [0.05, 0.1) is 12.6 Å². The van der Waals surface area contributed by atoms with E-state index < -0.39 is 6.04 Å². The number of carbonyl (C=O) groups is 3. The number of amides is 2. The molecule has 0 saturated heterocycles. The molecule has 170 valence electrons. The van der Waals surface area contributed by atoms with Crippen LogP contribution in [-0.2, 0) is 20.7 Å². The first-order valence-electron chi connectivity index (χ1n) is 10.9. The van der Waals surface area contributed by atoms with E-state index in [-0.39, 0.29) is 30.4 Å². The van der Waals surface area contributed by atoms with Gasteiger partial charge in [-0.1, -0.05) is 78.9 Å². The summed E-state index contributed by atoms with van der Waals surface area (Å²) in [6, 6.07) is 26.7. The summed E-state index contributed by atoms with van der Waals surface area (Å²) in [5, 5.41) is 5.92. The molecule has 2 N–H and O–H groups in total. The summed E-state index contributed by atoms with van der Waals surface area (Å²) in [7, 11) is 0. The molecule has 0 fully saturated rings. The van der Waals surface area contributed by atoms with Crippen molar-refractivity contribution in [3.8, 4) is 0 Å². The minimum atomic E-state index is -0.778. The molecule has 0 saturated carbocycles. The minimum Gasteiger partial charge on any atom is -0.466 e. The molecule has 2 atom stereocenters. The van der Waals surface area contributed by atoms with Gasteiger partial charge in [-0.15, -0.1) is 0 Å². The van der Waals surface area contributed by atoms with Crippen molar-refractivity contribution in [2.75, 3.05) is 6.61 Å². The molecule has 3 rings (SSSR count). The van der Waals surface area contributed by atoms with E-state index in [0.29, 0.717) is 18.4 Å². The highest BCUT2D eigenvalue weighted by atomic mass is 16.5. The van der Waals surface area contributed by atoms with Gasteiger partial charge in [-0.25, -0.2) is 0 Å². The summed E-state index contributed by atoms with van der Waals surface area (Å²) in [6.45, 7) is 1.53. The van der Waals surface area contributed by atoms with Gasteiger partial charge in [0.15, 0.2) is 0 Å². The van der Waals surface area contributed by atoms with E-state index >= 15 is 0 Å². The predicted octanol–water partition coefficient (Wildman–Crippen LogP) is 3.84. The van der Waals surface area contributed by atoms with E-state index in [2.05, 4.69) is 10.6 Å². The highest BCUT2D eigenvalue weighted by Crippen LogP contribution is 2.17. The fourth-order valence-electron chi connectivity index (χ4n) is 3.49. The van der Waals surface area contributed by atoms with Gasteiger partial charge in [-0.05, 0) is 23.3 Å². The van der Waals surface area contributed by atoms with E-state index in [4.69, 9.17) is 4.74 Å². The standard InChI is InChI=1S/C27H28N2O4/c1-20(30)33-18-17-24(22-13-7-3-8-14-22)28-27(32)25(19-21-11-5-2-6-12-21)29-26(31)23-15-9-4-10-16-23/h2-16,24-25H,17-19H2,1H3,(H,28,32)(H,29,31)/t24-,25+/m0/s1. The summed E-state index contributed by atoms with van der Waals surface area (Å²) in [5.74, 6) is -0.993. The molecule has 3 aromatic rings. The van der Waals surface area contributed by atoms with Crippen molar-refractivity contribution in [2.24, 2.45) is 0 Å². The number of ether oxygens (including phenoxy) is 1. The fourth-order valence-corrected chi connectivity index (χ4v) is 3.49. The number of rotatable bonds is 10. The van der Waals surface area contributed by atoms with Crippen molar-refractivity contribution in [2.45, 2.75) is 31.8 Å². The normalized spacial score (nSPS) is 12.3. The third kappa shape index (κ3) is 7.61. The third-order valence-electron chi connectivity index (χ3n) is 5.17. The first-order chi connectivity index (χ1) is 16.0. The van der Waals surface area contributed by atoms with Crippen molar-refractivity contribution in [3.05, 3.63) is 108 Å². The van der Waals surface area contributed by atoms with Crippen molar-refractivity contribution in [1.82, 2.24) is 10.6 Å². The molecule has 0 heterocycles. The smallest absolute Gasteiger partial charge is 0.302 e. The van der Waals surface area contributed by atoms with Crippen molar-refractivity contribution in [3.63, 3.8) is 0 Å². The van der Waals surface area contributed by atoms with Crippen LogP contribution in [0.25, 0.3) is 0 Å². The Labute approximate surface area is 194 Å². The van der Waals surface area contributed by atoms with Crippen LogP contribution in [0.4, 0.5) is 0 Å². The maximum Gasteiger partial charge on any atom is 0.302 e. The lowest BCUT2D eigenvalue weighted by Crippen LogP contribution is -2.49. The number of esters is 1. The average Bonchev–Trinajstić information content (AvgIpc) is 2.84. The zero-order valence-corrected chi connectivity index (χ0v) is 18.6. The molecule has 3 aromatic carbocycles. The van der Waals surface area contributed by atoms with Gasteiger partial charge in [0, 0.05) is 25.3 Å². The SMILES string of the molecule is CC(=O)OCC[C@H](NC(=O)[C@@H](Cc1ccccc1)NC(=O)c1ccccc1)c1ccccc1. The molecule has 6 nitrogen and oxygen atoms in total. The molecule has 0 bridgehead atoms. The van der Waals surface area contributed by atoms with Crippen LogP contribution in [0.3, 0.4) is 0 Å². The van der Waals surface area contributed by atoms with Crippen LogP contribution in [0.5, 0.6) is 0 Å². The molecule has 0 unspecified atom stereocenters. The Morgan fingerprint density at radius 1 is 0.788 bits per heavy atom. The topological polar surface area (TPSA) is 84.5 Å². The Hall–Kier alpha value is -3.93. The quantitative estimate of drug-likeness (QED) is 0.466. The zero-order valence-electron chi connectivity index (χ0n) is 18.6. The molecule has 0 aliphatic heterocycles. The van der Waals surface area contributed by atoms with E-state index in [1.54, 1.807) is 24.3 Å². The van der Waals surface area contributed by atoms with Gasteiger partial charge < -0.3 is 15.4 Å². The summed E-state index contributed by atoms with van der Waals surface area (Å²) in [6.07, 6.45) is 0.761. The number of hydrogen-bond acceptors (Lipinski definition) is 4. The van der Waals surface area contributed by atoms with Gasteiger partial charge in [0.2, 0.25) is 5.91 Å². The Morgan fingerprint density at radius 3 is 1.97 bits per heavy atom. The first kappa shape index (κ1) is 23.7. The average molecular weight is 445 g/mol. The second-order valence-corrected chi connectivity index (χ2v) is 7.68.